The summed E-state index contributed by atoms with van der Waals surface area (Å²) in [6.45, 7) is 0. The molecular weight excluding hydrogens is 376 g/mol. The topological polar surface area (TPSA) is 75.5 Å². The molecule has 0 aromatic rings. The fraction of sp³-hybridized carbons (Fsp3) is 0. The van der Waals surface area contributed by atoms with Gasteiger partial charge in [0.15, 0.2) is 0 Å². The second-order valence-electron chi connectivity index (χ2n) is 5.98. The molecule has 6 heteroatoms. The molecule has 0 saturated carbocycles. The van der Waals surface area contributed by atoms with Crippen molar-refractivity contribution in [1.82, 2.24) is 0 Å². The molecule has 5 aliphatic heterocycles. The zero-order chi connectivity index (χ0) is 16.8. The molecule has 0 unspecified atom stereocenters. The normalized spacial score (nSPS) is 21.8. The van der Waals surface area contributed by atoms with Crippen LogP contribution in [0.3, 0.4) is 0 Å². The molecule has 0 saturated heterocycles. The molecule has 8 bridgehead atoms. The molecule has 5 rings (SSSR count). The summed E-state index contributed by atoms with van der Waals surface area (Å²) in [7, 11) is 0. The van der Waals surface area contributed by atoms with Crippen LogP contribution in [-0.2, 0) is 19.5 Å². The van der Waals surface area contributed by atoms with E-state index in [9.17, 15) is 0 Å². The number of nitrogens with zero attached hydrogens (tertiary/aromatic N) is 4. The van der Waals surface area contributed by atoms with Crippen LogP contribution in [0.4, 0.5) is 0 Å². The average molecular weight is 389 g/mol. The van der Waals surface area contributed by atoms with Gasteiger partial charge in [-0.15, -0.1) is 0 Å². The summed E-state index contributed by atoms with van der Waals surface area (Å²) in [5.41, 5.74) is 13.3. The minimum absolute atomic E-state index is 0. The summed E-state index contributed by atoms with van der Waals surface area (Å²) in [6, 6.07) is 0. The summed E-state index contributed by atoms with van der Waals surface area (Å²) in [5.74, 6) is 0. The molecule has 5 heterocycles. The Balaban J connectivity index is 0.00000168. The van der Waals surface area contributed by atoms with Crippen molar-refractivity contribution < 1.29 is 19.5 Å². The third kappa shape index (κ3) is 3.11. The summed E-state index contributed by atoms with van der Waals surface area (Å²) in [6.07, 6.45) is 21.3. The Morgan fingerprint density at radius 3 is 1.50 bits per heavy atom. The van der Waals surface area contributed by atoms with Gasteiger partial charge < -0.3 is 5.73 Å². The van der Waals surface area contributed by atoms with Crippen molar-refractivity contribution in [3.05, 3.63) is 95.3 Å². The number of rotatable bonds is 0. The van der Waals surface area contributed by atoms with Gasteiger partial charge in [-0.25, -0.2) is 20.0 Å². The van der Waals surface area contributed by atoms with E-state index in [1.54, 1.807) is 0 Å². The predicted molar refractivity (Wildman–Crippen MR) is 102 cm³/mol. The number of aliphatic imine (C=N–C) groups is 4. The van der Waals surface area contributed by atoms with Crippen molar-refractivity contribution in [2.75, 3.05) is 0 Å². The third-order valence-corrected chi connectivity index (χ3v) is 4.07. The van der Waals surface area contributed by atoms with E-state index >= 15 is 0 Å². The van der Waals surface area contributed by atoms with Gasteiger partial charge >= 0.3 is 0 Å². The van der Waals surface area contributed by atoms with E-state index in [1.807, 2.05) is 66.8 Å². The van der Waals surface area contributed by atoms with E-state index in [2.05, 4.69) is 20.0 Å². The van der Waals surface area contributed by atoms with Crippen LogP contribution in [0.2, 0.25) is 0 Å². The van der Waals surface area contributed by atoms with Crippen molar-refractivity contribution in [3.8, 4) is 0 Å². The Hall–Kier alpha value is -2.98. The van der Waals surface area contributed by atoms with Crippen LogP contribution < -0.4 is 5.73 Å². The standard InChI is InChI=1S/C20H13N5.Zn/c21-19-10-18-9-16-4-3-14(23-16)7-12-1-2-13(22-12)8-15-5-6-17(24-15)11-20(19)25-18;/h1-11H,21H2;. The Kier molecular flexibility index (Phi) is 4.05. The SMILES string of the molecule is NC1=CC2=CC3=NC(=CC4=NC(=CC5=NC(=CC1=N2)C=C5)C=C4)C=C3.[Zn]. The van der Waals surface area contributed by atoms with Gasteiger partial charge in [-0.05, 0) is 66.8 Å². The fourth-order valence-corrected chi connectivity index (χ4v) is 2.92. The van der Waals surface area contributed by atoms with E-state index < -0.39 is 0 Å². The van der Waals surface area contributed by atoms with Gasteiger partial charge in [-0.2, -0.15) is 0 Å². The first kappa shape index (κ1) is 16.5. The molecule has 5 nitrogen and oxygen atoms in total. The zero-order valence-electron chi connectivity index (χ0n) is 13.9. The summed E-state index contributed by atoms with van der Waals surface area (Å²) >= 11 is 0. The molecule has 0 aliphatic carbocycles. The molecule has 0 aromatic carbocycles. The summed E-state index contributed by atoms with van der Waals surface area (Å²) in [5, 5.41) is 0. The number of fused-ring (bicyclic) bond motifs is 4. The second-order valence-corrected chi connectivity index (χ2v) is 5.98. The van der Waals surface area contributed by atoms with E-state index in [1.165, 1.54) is 0 Å². The minimum atomic E-state index is 0. The van der Waals surface area contributed by atoms with E-state index in [0.717, 1.165) is 45.6 Å². The van der Waals surface area contributed by atoms with Crippen LogP contribution in [0, 0.1) is 0 Å². The number of hydrogen-bond acceptors (Lipinski definition) is 5. The van der Waals surface area contributed by atoms with E-state index in [-0.39, 0.29) is 19.5 Å². The van der Waals surface area contributed by atoms with Crippen molar-refractivity contribution >= 4 is 22.8 Å². The molecule has 5 aliphatic rings. The number of nitrogens with two attached hydrogens (primary N) is 1. The Bertz CT molecular complexity index is 1080. The molecule has 0 atom stereocenters. The molecule has 2 N–H and O–H groups in total. The van der Waals surface area contributed by atoms with Crippen molar-refractivity contribution in [2.24, 2.45) is 25.7 Å². The predicted octanol–water partition coefficient (Wildman–Crippen LogP) is 2.86. The van der Waals surface area contributed by atoms with Gasteiger partial charge in [0.05, 0.1) is 51.3 Å². The largest absolute Gasteiger partial charge is 0.397 e. The van der Waals surface area contributed by atoms with Crippen LogP contribution in [0.1, 0.15) is 0 Å². The number of allylic oxidation sites excluding steroid dienone is 11. The van der Waals surface area contributed by atoms with E-state index in [4.69, 9.17) is 5.73 Å². The summed E-state index contributed by atoms with van der Waals surface area (Å²) < 4.78 is 0. The first-order valence-corrected chi connectivity index (χ1v) is 7.95. The molecule has 26 heavy (non-hydrogen) atoms. The maximum atomic E-state index is 6.09. The third-order valence-electron chi connectivity index (χ3n) is 4.07. The molecule has 0 fully saturated rings. The first-order chi connectivity index (χ1) is 12.2. The second kappa shape index (κ2) is 6.39. The monoisotopic (exact) mass is 387 g/mol. The maximum Gasteiger partial charge on any atom is 0.0888 e. The molecule has 0 radical (unpaired) electrons. The van der Waals surface area contributed by atoms with Gasteiger partial charge in [0.2, 0.25) is 0 Å². The smallest absolute Gasteiger partial charge is 0.0888 e. The van der Waals surface area contributed by atoms with Crippen LogP contribution in [0.5, 0.6) is 0 Å². The maximum absolute atomic E-state index is 6.09. The van der Waals surface area contributed by atoms with Gasteiger partial charge in [0.1, 0.15) is 0 Å². The van der Waals surface area contributed by atoms with Crippen molar-refractivity contribution in [3.63, 3.8) is 0 Å². The molecular formula is C20H13N5Zn. The molecule has 120 valence electrons. The minimum Gasteiger partial charge on any atom is -0.397 e. The van der Waals surface area contributed by atoms with Gasteiger partial charge in [0, 0.05) is 19.5 Å². The summed E-state index contributed by atoms with van der Waals surface area (Å²) in [4.78, 5) is 18.3. The molecule has 0 amide bonds. The zero-order valence-corrected chi connectivity index (χ0v) is 16.9. The Labute approximate surface area is 163 Å². The quantitative estimate of drug-likeness (QED) is 0.636. The number of hydrogen-bond donors (Lipinski definition) is 1. The van der Waals surface area contributed by atoms with Gasteiger partial charge in [-0.1, -0.05) is 0 Å². The molecule has 0 aromatic heterocycles. The van der Waals surface area contributed by atoms with Crippen molar-refractivity contribution in [2.45, 2.75) is 0 Å². The average Bonchev–Trinajstić information content (AvgIpc) is 3.33. The Morgan fingerprint density at radius 1 is 0.500 bits per heavy atom. The van der Waals surface area contributed by atoms with Crippen LogP contribution >= 0.6 is 0 Å². The van der Waals surface area contributed by atoms with Gasteiger partial charge in [0.25, 0.3) is 0 Å². The van der Waals surface area contributed by atoms with Crippen LogP contribution in [0.15, 0.2) is 115 Å². The van der Waals surface area contributed by atoms with E-state index in [0.29, 0.717) is 5.70 Å². The fourth-order valence-electron chi connectivity index (χ4n) is 2.92. The van der Waals surface area contributed by atoms with Crippen molar-refractivity contribution in [1.29, 1.82) is 0 Å². The van der Waals surface area contributed by atoms with Crippen LogP contribution in [0.25, 0.3) is 0 Å². The molecule has 0 spiro atoms. The van der Waals surface area contributed by atoms with Gasteiger partial charge in [-0.3, -0.25) is 0 Å². The van der Waals surface area contributed by atoms with Crippen LogP contribution in [-0.4, -0.2) is 22.8 Å². The first-order valence-electron chi connectivity index (χ1n) is 7.95. The Morgan fingerprint density at radius 2 is 0.962 bits per heavy atom.